The molecule has 0 rings (SSSR count). The Bertz CT molecular complexity index is 638. The van der Waals surface area contributed by atoms with E-state index in [1.54, 1.807) is 13.8 Å². The first-order valence-electron chi connectivity index (χ1n) is 9.61. The van der Waals surface area contributed by atoms with Crippen LogP contribution >= 0.6 is 0 Å². The fourth-order valence-corrected chi connectivity index (χ4v) is 2.42. The average molecular weight is 432 g/mol. The van der Waals surface area contributed by atoms with Crippen molar-refractivity contribution in [3.8, 4) is 0 Å². The van der Waals surface area contributed by atoms with Crippen LogP contribution in [0.1, 0.15) is 47.0 Å². The van der Waals surface area contributed by atoms with Crippen LogP contribution < -0.4 is 21.7 Å². The number of carbonyl (C=O) groups excluding carboxylic acids is 3. The standard InChI is InChI=1S/C18H32N4O8/c1-5-8(2)13(16(27)20-11(18(29)30)6-7-12(24)25)21-17(28)14(10(4)23)22-15(26)9(3)19/h8-11,13-14,23H,5-7,19H2,1-4H3,(H,20,27)(H,21,28)(H,22,26)(H,24,25)(H,29,30). The van der Waals surface area contributed by atoms with Gasteiger partial charge in [0.1, 0.15) is 18.1 Å². The van der Waals surface area contributed by atoms with Crippen molar-refractivity contribution in [3.05, 3.63) is 0 Å². The van der Waals surface area contributed by atoms with E-state index in [-0.39, 0.29) is 6.42 Å². The van der Waals surface area contributed by atoms with Crippen molar-refractivity contribution in [3.63, 3.8) is 0 Å². The first kappa shape index (κ1) is 27.3. The van der Waals surface area contributed by atoms with Crippen molar-refractivity contribution in [2.45, 2.75) is 77.2 Å². The van der Waals surface area contributed by atoms with E-state index < -0.39 is 72.3 Å². The van der Waals surface area contributed by atoms with E-state index in [0.29, 0.717) is 6.42 Å². The number of rotatable bonds is 13. The molecular weight excluding hydrogens is 400 g/mol. The highest BCUT2D eigenvalue weighted by molar-refractivity contribution is 5.94. The van der Waals surface area contributed by atoms with Crippen LogP contribution in [-0.4, -0.2) is 75.3 Å². The number of amides is 3. The molecular formula is C18H32N4O8. The molecule has 8 N–H and O–H groups in total. The molecule has 0 aliphatic rings. The summed E-state index contributed by atoms with van der Waals surface area (Å²) in [5.74, 6) is -5.41. The zero-order valence-electron chi connectivity index (χ0n) is 17.5. The number of nitrogens with two attached hydrogens (primary N) is 1. The zero-order valence-corrected chi connectivity index (χ0v) is 17.5. The maximum Gasteiger partial charge on any atom is 0.326 e. The third kappa shape index (κ3) is 9.18. The molecule has 0 aliphatic carbocycles. The molecule has 6 unspecified atom stereocenters. The summed E-state index contributed by atoms with van der Waals surface area (Å²) >= 11 is 0. The van der Waals surface area contributed by atoms with Crippen molar-refractivity contribution >= 4 is 29.7 Å². The molecule has 12 heteroatoms. The van der Waals surface area contributed by atoms with Crippen LogP contribution in [0.3, 0.4) is 0 Å². The quantitative estimate of drug-likeness (QED) is 0.174. The Morgan fingerprint density at radius 1 is 0.867 bits per heavy atom. The Balaban J connectivity index is 5.44. The molecule has 6 atom stereocenters. The minimum atomic E-state index is -1.46. The first-order valence-corrected chi connectivity index (χ1v) is 9.61. The van der Waals surface area contributed by atoms with Gasteiger partial charge in [-0.2, -0.15) is 0 Å². The number of carbonyl (C=O) groups is 5. The summed E-state index contributed by atoms with van der Waals surface area (Å²) in [6.45, 7) is 6.07. The second-order valence-corrected chi connectivity index (χ2v) is 7.22. The summed E-state index contributed by atoms with van der Waals surface area (Å²) in [7, 11) is 0. The maximum atomic E-state index is 12.7. The zero-order chi connectivity index (χ0) is 23.6. The Morgan fingerprint density at radius 3 is 1.77 bits per heavy atom. The van der Waals surface area contributed by atoms with Gasteiger partial charge in [-0.1, -0.05) is 20.3 Å². The fraction of sp³-hybridized carbons (Fsp3) is 0.722. The normalized spacial score (nSPS) is 16.9. The SMILES string of the molecule is CCC(C)C(NC(=O)C(NC(=O)C(C)N)C(C)O)C(=O)NC(CCC(=O)O)C(=O)O. The van der Waals surface area contributed by atoms with Gasteiger partial charge in [-0.05, 0) is 26.2 Å². The van der Waals surface area contributed by atoms with Crippen molar-refractivity contribution in [2.75, 3.05) is 0 Å². The van der Waals surface area contributed by atoms with Crippen LogP contribution in [0.15, 0.2) is 0 Å². The van der Waals surface area contributed by atoms with Crippen LogP contribution in [0.2, 0.25) is 0 Å². The van der Waals surface area contributed by atoms with E-state index >= 15 is 0 Å². The van der Waals surface area contributed by atoms with Crippen LogP contribution in [0.4, 0.5) is 0 Å². The van der Waals surface area contributed by atoms with Crippen LogP contribution in [0, 0.1) is 5.92 Å². The van der Waals surface area contributed by atoms with E-state index in [0.717, 1.165) is 0 Å². The number of carboxylic acids is 2. The number of aliphatic hydroxyl groups is 1. The summed E-state index contributed by atoms with van der Waals surface area (Å²) < 4.78 is 0. The van der Waals surface area contributed by atoms with E-state index in [1.165, 1.54) is 13.8 Å². The van der Waals surface area contributed by atoms with Gasteiger partial charge >= 0.3 is 11.9 Å². The molecule has 0 bridgehead atoms. The highest BCUT2D eigenvalue weighted by Gasteiger charge is 2.34. The minimum absolute atomic E-state index is 0.335. The van der Waals surface area contributed by atoms with Gasteiger partial charge < -0.3 is 37.0 Å². The molecule has 3 amide bonds. The predicted octanol–water partition coefficient (Wildman–Crippen LogP) is -1.84. The van der Waals surface area contributed by atoms with Crippen molar-refractivity contribution in [1.29, 1.82) is 0 Å². The number of hydrogen-bond acceptors (Lipinski definition) is 7. The third-order valence-electron chi connectivity index (χ3n) is 4.53. The lowest BCUT2D eigenvalue weighted by Crippen LogP contribution is -2.60. The largest absolute Gasteiger partial charge is 0.481 e. The Morgan fingerprint density at radius 2 is 1.37 bits per heavy atom. The lowest BCUT2D eigenvalue weighted by molar-refractivity contribution is -0.143. The second-order valence-electron chi connectivity index (χ2n) is 7.22. The first-order chi connectivity index (χ1) is 13.8. The molecule has 172 valence electrons. The molecule has 0 saturated carbocycles. The summed E-state index contributed by atoms with van der Waals surface area (Å²) in [6, 6.07) is -4.95. The van der Waals surface area contributed by atoms with E-state index in [1.807, 2.05) is 0 Å². The molecule has 12 nitrogen and oxygen atoms in total. The van der Waals surface area contributed by atoms with Crippen LogP contribution in [0.5, 0.6) is 0 Å². The highest BCUT2D eigenvalue weighted by Crippen LogP contribution is 2.10. The maximum absolute atomic E-state index is 12.7. The van der Waals surface area contributed by atoms with Gasteiger partial charge in [-0.25, -0.2) is 4.79 Å². The topological polar surface area (TPSA) is 208 Å². The lowest BCUT2D eigenvalue weighted by Gasteiger charge is -2.28. The van der Waals surface area contributed by atoms with E-state index in [9.17, 15) is 34.2 Å². The van der Waals surface area contributed by atoms with Crippen molar-refractivity contribution in [2.24, 2.45) is 11.7 Å². The number of hydrogen-bond donors (Lipinski definition) is 7. The van der Waals surface area contributed by atoms with Crippen molar-refractivity contribution in [1.82, 2.24) is 16.0 Å². The number of carboxylic acid groups (broad SMARTS) is 2. The van der Waals surface area contributed by atoms with Gasteiger partial charge in [-0.15, -0.1) is 0 Å². The molecule has 0 radical (unpaired) electrons. The molecule has 0 aromatic heterocycles. The predicted molar refractivity (Wildman–Crippen MR) is 105 cm³/mol. The monoisotopic (exact) mass is 432 g/mol. The minimum Gasteiger partial charge on any atom is -0.481 e. The highest BCUT2D eigenvalue weighted by atomic mass is 16.4. The lowest BCUT2D eigenvalue weighted by atomic mass is 9.97. The van der Waals surface area contributed by atoms with Crippen molar-refractivity contribution < 1.29 is 39.3 Å². The molecule has 0 heterocycles. The summed E-state index contributed by atoms with van der Waals surface area (Å²) in [4.78, 5) is 59.1. The van der Waals surface area contributed by atoms with Gasteiger partial charge in [0.2, 0.25) is 17.7 Å². The molecule has 0 aromatic carbocycles. The average Bonchev–Trinajstić information content (AvgIpc) is 2.65. The molecule has 0 fully saturated rings. The van der Waals surface area contributed by atoms with Crippen LogP contribution in [-0.2, 0) is 24.0 Å². The van der Waals surface area contributed by atoms with Crippen LogP contribution in [0.25, 0.3) is 0 Å². The van der Waals surface area contributed by atoms with Gasteiger partial charge in [0, 0.05) is 6.42 Å². The Hall–Kier alpha value is -2.73. The molecule has 0 spiro atoms. The number of aliphatic carboxylic acids is 2. The number of nitrogens with one attached hydrogen (secondary N) is 3. The third-order valence-corrected chi connectivity index (χ3v) is 4.53. The van der Waals surface area contributed by atoms with Gasteiger partial charge in [0.25, 0.3) is 0 Å². The Kier molecular flexibility index (Phi) is 11.6. The second kappa shape index (κ2) is 12.8. The Labute approximate surface area is 174 Å². The summed E-state index contributed by atoms with van der Waals surface area (Å²) in [5.41, 5.74) is 5.45. The van der Waals surface area contributed by atoms with E-state index in [4.69, 9.17) is 10.8 Å². The van der Waals surface area contributed by atoms with Gasteiger partial charge in [-0.3, -0.25) is 19.2 Å². The van der Waals surface area contributed by atoms with Gasteiger partial charge in [0.15, 0.2) is 0 Å². The molecule has 0 saturated heterocycles. The molecule has 0 aliphatic heterocycles. The fourth-order valence-electron chi connectivity index (χ4n) is 2.42. The van der Waals surface area contributed by atoms with Gasteiger partial charge in [0.05, 0.1) is 12.1 Å². The smallest absolute Gasteiger partial charge is 0.326 e. The summed E-state index contributed by atoms with van der Waals surface area (Å²) in [6.07, 6.45) is -1.66. The van der Waals surface area contributed by atoms with E-state index in [2.05, 4.69) is 16.0 Å². The molecule has 0 aromatic rings. The number of aliphatic hydroxyl groups excluding tert-OH is 1. The summed E-state index contributed by atoms with van der Waals surface area (Å²) in [5, 5.41) is 34.7. The molecule has 30 heavy (non-hydrogen) atoms.